The van der Waals surface area contributed by atoms with Gasteiger partial charge in [0.15, 0.2) is 0 Å². The highest BCUT2D eigenvalue weighted by Gasteiger charge is 2.59. The van der Waals surface area contributed by atoms with Crippen molar-refractivity contribution in [3.63, 3.8) is 0 Å². The van der Waals surface area contributed by atoms with Crippen LogP contribution in [0.2, 0.25) is 0 Å². The number of amides is 1. The molecule has 0 fully saturated rings. The van der Waals surface area contributed by atoms with Gasteiger partial charge in [-0.2, -0.15) is 30.4 Å². The Balaban J connectivity index is 2.96. The van der Waals surface area contributed by atoms with E-state index in [9.17, 15) is 44.8 Å². The molecule has 0 aliphatic rings. The first kappa shape index (κ1) is 26.2. The van der Waals surface area contributed by atoms with Gasteiger partial charge in [-0.3, -0.25) is 9.59 Å². The summed E-state index contributed by atoms with van der Waals surface area (Å²) in [7, 11) is -6.57. The fourth-order valence-electron chi connectivity index (χ4n) is 1.84. The largest absolute Gasteiger partial charge is 0.460 e. The number of Topliss-reactive ketones (excluding diaryl/α,β-unsaturated/α-hetero) is 1. The van der Waals surface area contributed by atoms with Crippen LogP contribution in [0.15, 0.2) is 42.5 Å². The van der Waals surface area contributed by atoms with Crippen LogP contribution >= 0.6 is 0 Å². The van der Waals surface area contributed by atoms with Gasteiger partial charge >= 0.3 is 33.4 Å². The van der Waals surface area contributed by atoms with Crippen LogP contribution in [0.25, 0.3) is 0 Å². The number of carbonyl (C=O) groups is 3. The van der Waals surface area contributed by atoms with Gasteiger partial charge in [-0.15, -0.1) is 0 Å². The summed E-state index contributed by atoms with van der Waals surface area (Å²) in [5.41, 5.74) is -0.707. The number of carbonyl (C=O) groups excluding carboxylic acids is 3. The highest BCUT2D eigenvalue weighted by atomic mass is 32.2. The third kappa shape index (κ3) is 6.82. The maximum atomic E-state index is 14.0. The smallest absolute Gasteiger partial charge is 0.446 e. The van der Waals surface area contributed by atoms with Crippen molar-refractivity contribution in [2.24, 2.45) is 0 Å². The van der Waals surface area contributed by atoms with Gasteiger partial charge in [0, 0.05) is 11.1 Å². The van der Waals surface area contributed by atoms with Crippen molar-refractivity contribution in [3.8, 4) is 0 Å². The predicted molar refractivity (Wildman–Crippen MR) is 94.4 cm³/mol. The third-order valence-corrected chi connectivity index (χ3v) is 4.62. The van der Waals surface area contributed by atoms with E-state index < -0.39 is 64.0 Å². The lowest BCUT2D eigenvalue weighted by molar-refractivity contribution is -0.180. The summed E-state index contributed by atoms with van der Waals surface area (Å²) in [4.78, 5) is 34.6. The summed E-state index contributed by atoms with van der Waals surface area (Å²) < 4.78 is 98.9. The number of benzene rings is 1. The minimum absolute atomic E-state index is 0.0473. The van der Waals surface area contributed by atoms with Crippen LogP contribution in [-0.2, 0) is 28.6 Å². The number of ether oxygens (including phenoxy) is 1. The van der Waals surface area contributed by atoms with Gasteiger partial charge in [-0.05, 0) is 6.92 Å². The van der Waals surface area contributed by atoms with E-state index in [0.717, 1.165) is 24.3 Å². The van der Waals surface area contributed by atoms with E-state index in [-0.39, 0.29) is 5.57 Å². The van der Waals surface area contributed by atoms with E-state index in [0.29, 0.717) is 0 Å². The first-order chi connectivity index (χ1) is 14.1. The van der Waals surface area contributed by atoms with E-state index in [1.165, 1.54) is 18.3 Å². The van der Waals surface area contributed by atoms with E-state index >= 15 is 0 Å². The van der Waals surface area contributed by atoms with Crippen LogP contribution in [0.5, 0.6) is 0 Å². The maximum Gasteiger partial charge on any atom is 0.446 e. The number of ketones is 1. The fourth-order valence-corrected chi connectivity index (χ4v) is 2.71. The van der Waals surface area contributed by atoms with Crippen LogP contribution in [0, 0.1) is 0 Å². The molecule has 0 spiro atoms. The molecule has 1 rings (SSSR count). The lowest BCUT2D eigenvalue weighted by Crippen LogP contribution is -2.51. The van der Waals surface area contributed by atoms with E-state index in [1.54, 1.807) is 0 Å². The van der Waals surface area contributed by atoms with Crippen molar-refractivity contribution in [2.45, 2.75) is 24.5 Å². The average molecular weight is 473 g/mol. The molecule has 1 atom stereocenters. The van der Waals surface area contributed by atoms with Crippen LogP contribution in [-0.4, -0.2) is 56.8 Å². The summed E-state index contributed by atoms with van der Waals surface area (Å²) >= 11 is 0. The fraction of sp³-hybridized carbons (Fsp3) is 0.353. The van der Waals surface area contributed by atoms with Crippen molar-refractivity contribution < 1.29 is 53.7 Å². The standard InChI is InChI=1S/C17H16F5NO7S/c1-10(2)14(25)29-9-8-23-15(26)17(21,22)31(27,28)30-13(16(18,19)20)12(24)11-6-4-3-5-7-11/h3-7,13H,1,8-9H2,2H3,(H,23,26). The summed E-state index contributed by atoms with van der Waals surface area (Å²) in [6, 6.07) is 5.40. The van der Waals surface area contributed by atoms with Crippen molar-refractivity contribution in [1.82, 2.24) is 5.32 Å². The van der Waals surface area contributed by atoms with Crippen molar-refractivity contribution in [3.05, 3.63) is 48.0 Å². The summed E-state index contributed by atoms with van der Waals surface area (Å²) in [5, 5.41) is -4.12. The second-order valence-electron chi connectivity index (χ2n) is 5.89. The predicted octanol–water partition coefficient (Wildman–Crippen LogP) is 1.97. The molecular formula is C17H16F5NO7S. The van der Waals surface area contributed by atoms with Crippen LogP contribution in [0.3, 0.4) is 0 Å². The summed E-state index contributed by atoms with van der Waals surface area (Å²) in [5.74, 6) is -5.43. The molecule has 1 N–H and O–H groups in total. The molecule has 1 aromatic rings. The van der Waals surface area contributed by atoms with Gasteiger partial charge in [0.1, 0.15) is 6.61 Å². The zero-order valence-electron chi connectivity index (χ0n) is 15.7. The topological polar surface area (TPSA) is 116 Å². The molecular weight excluding hydrogens is 457 g/mol. The summed E-state index contributed by atoms with van der Waals surface area (Å²) in [6.45, 7) is 3.04. The molecule has 0 heterocycles. The Morgan fingerprint density at radius 1 is 1.10 bits per heavy atom. The zero-order chi connectivity index (χ0) is 24.0. The maximum absolute atomic E-state index is 14.0. The number of hydrogen-bond acceptors (Lipinski definition) is 7. The van der Waals surface area contributed by atoms with Gasteiger partial charge < -0.3 is 10.1 Å². The minimum Gasteiger partial charge on any atom is -0.460 e. The molecule has 0 bridgehead atoms. The molecule has 14 heteroatoms. The van der Waals surface area contributed by atoms with Crippen LogP contribution < -0.4 is 5.32 Å². The SMILES string of the molecule is C=C(C)C(=O)OCCNC(=O)C(F)(F)S(=O)(=O)OC(C(=O)c1ccccc1)C(F)(F)F. The normalized spacial score (nSPS) is 13.2. The molecule has 0 aromatic heterocycles. The highest BCUT2D eigenvalue weighted by Crippen LogP contribution is 2.32. The van der Waals surface area contributed by atoms with Gasteiger partial charge in [0.05, 0.1) is 6.54 Å². The zero-order valence-corrected chi connectivity index (χ0v) is 16.6. The van der Waals surface area contributed by atoms with Gasteiger partial charge in [0.2, 0.25) is 11.9 Å². The van der Waals surface area contributed by atoms with E-state index in [4.69, 9.17) is 0 Å². The average Bonchev–Trinajstić information content (AvgIpc) is 2.68. The Kier molecular flexibility index (Phi) is 8.41. The molecule has 0 saturated heterocycles. The molecule has 1 aromatic carbocycles. The first-order valence-electron chi connectivity index (χ1n) is 8.19. The van der Waals surface area contributed by atoms with E-state index in [2.05, 4.69) is 15.5 Å². The second kappa shape index (κ2) is 9.96. The van der Waals surface area contributed by atoms with Gasteiger partial charge in [-0.25, -0.2) is 8.98 Å². The van der Waals surface area contributed by atoms with Gasteiger partial charge in [-0.1, -0.05) is 36.9 Å². The second-order valence-corrected chi connectivity index (χ2v) is 7.50. The number of esters is 1. The minimum atomic E-state index is -6.57. The van der Waals surface area contributed by atoms with E-state index in [1.807, 2.05) is 0 Å². The number of rotatable bonds is 10. The number of hydrogen-bond donors (Lipinski definition) is 1. The Bertz CT molecular complexity index is 945. The Hall–Kier alpha value is -2.87. The monoisotopic (exact) mass is 473 g/mol. The van der Waals surface area contributed by atoms with Crippen molar-refractivity contribution >= 4 is 27.8 Å². The van der Waals surface area contributed by atoms with Crippen molar-refractivity contribution in [1.29, 1.82) is 0 Å². The Labute approximate surface area is 173 Å². The first-order valence-corrected chi connectivity index (χ1v) is 9.59. The van der Waals surface area contributed by atoms with Crippen LogP contribution in [0.4, 0.5) is 22.0 Å². The molecule has 1 unspecified atom stereocenters. The molecule has 31 heavy (non-hydrogen) atoms. The number of nitrogens with one attached hydrogen (secondary N) is 1. The molecule has 0 aliphatic carbocycles. The Morgan fingerprint density at radius 3 is 2.13 bits per heavy atom. The lowest BCUT2D eigenvalue weighted by Gasteiger charge is -2.22. The van der Waals surface area contributed by atoms with Crippen LogP contribution in [0.1, 0.15) is 17.3 Å². The Morgan fingerprint density at radius 2 is 1.65 bits per heavy atom. The molecule has 172 valence electrons. The third-order valence-electron chi connectivity index (χ3n) is 3.36. The molecule has 0 radical (unpaired) electrons. The molecule has 8 nitrogen and oxygen atoms in total. The number of alkyl halides is 5. The van der Waals surface area contributed by atoms with Gasteiger partial charge in [0.25, 0.3) is 0 Å². The highest BCUT2D eigenvalue weighted by molar-refractivity contribution is 7.88. The molecule has 0 aliphatic heterocycles. The van der Waals surface area contributed by atoms with Crippen molar-refractivity contribution in [2.75, 3.05) is 13.2 Å². The molecule has 0 saturated carbocycles. The molecule has 1 amide bonds. The summed E-state index contributed by atoms with van der Waals surface area (Å²) in [6.07, 6.45) is -9.50. The quantitative estimate of drug-likeness (QED) is 0.138. The number of halogens is 5. The lowest BCUT2D eigenvalue weighted by atomic mass is 10.1.